The van der Waals surface area contributed by atoms with Crippen LogP contribution in [0.2, 0.25) is 5.02 Å². The Morgan fingerprint density at radius 2 is 2.32 bits per heavy atom. The predicted octanol–water partition coefficient (Wildman–Crippen LogP) is 2.76. The SMILES string of the molecule is CCOCC(C)Nc1cc(Cl)ccc1-n1cncn1. The second-order valence-electron chi connectivity index (χ2n) is 4.21. The summed E-state index contributed by atoms with van der Waals surface area (Å²) in [5, 5.41) is 8.19. The third-order valence-electron chi connectivity index (χ3n) is 2.60. The fraction of sp³-hybridized carbons (Fsp3) is 0.385. The van der Waals surface area contributed by atoms with Gasteiger partial charge in [0, 0.05) is 17.7 Å². The second kappa shape index (κ2) is 6.54. The first kappa shape index (κ1) is 13.8. The van der Waals surface area contributed by atoms with E-state index < -0.39 is 0 Å². The molecule has 2 rings (SSSR count). The van der Waals surface area contributed by atoms with Crippen LogP contribution in [0.1, 0.15) is 13.8 Å². The largest absolute Gasteiger partial charge is 0.380 e. The maximum absolute atomic E-state index is 6.05. The molecule has 6 heteroatoms. The van der Waals surface area contributed by atoms with Crippen molar-refractivity contribution in [3.63, 3.8) is 0 Å². The van der Waals surface area contributed by atoms with Gasteiger partial charge in [-0.25, -0.2) is 9.67 Å². The third kappa shape index (κ3) is 3.68. The molecule has 0 spiro atoms. The fourth-order valence-electron chi connectivity index (χ4n) is 1.76. The second-order valence-corrected chi connectivity index (χ2v) is 4.64. The van der Waals surface area contributed by atoms with Crippen molar-refractivity contribution in [2.24, 2.45) is 0 Å². The zero-order valence-corrected chi connectivity index (χ0v) is 11.8. The Morgan fingerprint density at radius 1 is 1.47 bits per heavy atom. The molecule has 1 N–H and O–H groups in total. The molecule has 1 atom stereocenters. The average Bonchev–Trinajstić information content (AvgIpc) is 2.90. The van der Waals surface area contributed by atoms with E-state index in [1.807, 2.05) is 25.1 Å². The van der Waals surface area contributed by atoms with Crippen molar-refractivity contribution in [1.29, 1.82) is 0 Å². The molecule has 5 nitrogen and oxygen atoms in total. The molecule has 0 aliphatic rings. The first-order chi connectivity index (χ1) is 9.20. The van der Waals surface area contributed by atoms with Crippen LogP contribution < -0.4 is 5.32 Å². The lowest BCUT2D eigenvalue weighted by molar-refractivity contribution is 0.141. The van der Waals surface area contributed by atoms with E-state index in [-0.39, 0.29) is 6.04 Å². The first-order valence-electron chi connectivity index (χ1n) is 6.19. The maximum atomic E-state index is 6.05. The van der Waals surface area contributed by atoms with Crippen molar-refractivity contribution in [1.82, 2.24) is 14.8 Å². The van der Waals surface area contributed by atoms with Crippen molar-refractivity contribution in [2.75, 3.05) is 18.5 Å². The zero-order valence-electron chi connectivity index (χ0n) is 11.0. The Bertz CT molecular complexity index is 515. The van der Waals surface area contributed by atoms with E-state index in [9.17, 15) is 0 Å². The van der Waals surface area contributed by atoms with Gasteiger partial charge in [-0.05, 0) is 32.0 Å². The Hall–Kier alpha value is -1.59. The van der Waals surface area contributed by atoms with Crippen molar-refractivity contribution in [3.05, 3.63) is 35.9 Å². The number of aromatic nitrogens is 3. The summed E-state index contributed by atoms with van der Waals surface area (Å²) in [5.41, 5.74) is 1.82. The molecule has 1 heterocycles. The molecular formula is C13H17ClN4O. The number of anilines is 1. The Kier molecular flexibility index (Phi) is 4.76. The molecule has 0 aliphatic carbocycles. The van der Waals surface area contributed by atoms with Crippen LogP contribution in [0.4, 0.5) is 5.69 Å². The minimum Gasteiger partial charge on any atom is -0.380 e. The lowest BCUT2D eigenvalue weighted by Gasteiger charge is -2.18. The summed E-state index contributed by atoms with van der Waals surface area (Å²) >= 11 is 6.05. The summed E-state index contributed by atoms with van der Waals surface area (Å²) in [4.78, 5) is 3.96. The van der Waals surface area contributed by atoms with E-state index in [0.29, 0.717) is 18.2 Å². The Labute approximate surface area is 117 Å². The highest BCUT2D eigenvalue weighted by atomic mass is 35.5. The lowest BCUT2D eigenvalue weighted by Crippen LogP contribution is -2.22. The summed E-state index contributed by atoms with van der Waals surface area (Å²) in [6.07, 6.45) is 3.16. The van der Waals surface area contributed by atoms with Crippen molar-refractivity contribution >= 4 is 17.3 Å². The smallest absolute Gasteiger partial charge is 0.138 e. The summed E-state index contributed by atoms with van der Waals surface area (Å²) < 4.78 is 7.10. The van der Waals surface area contributed by atoms with Gasteiger partial charge in [0.25, 0.3) is 0 Å². The molecule has 0 fully saturated rings. The topological polar surface area (TPSA) is 52.0 Å². The molecule has 0 saturated heterocycles. The molecule has 2 aromatic rings. The number of ether oxygens (including phenoxy) is 1. The molecule has 0 saturated carbocycles. The van der Waals surface area contributed by atoms with Gasteiger partial charge in [0.05, 0.1) is 18.0 Å². The maximum Gasteiger partial charge on any atom is 0.138 e. The fourth-order valence-corrected chi connectivity index (χ4v) is 1.93. The van der Waals surface area contributed by atoms with Gasteiger partial charge >= 0.3 is 0 Å². The van der Waals surface area contributed by atoms with Gasteiger partial charge in [-0.1, -0.05) is 11.6 Å². The monoisotopic (exact) mass is 280 g/mol. The highest BCUT2D eigenvalue weighted by Crippen LogP contribution is 2.24. The van der Waals surface area contributed by atoms with Crippen molar-refractivity contribution in [2.45, 2.75) is 19.9 Å². The minimum atomic E-state index is 0.181. The number of benzene rings is 1. The number of rotatable bonds is 6. The van der Waals surface area contributed by atoms with Gasteiger partial charge < -0.3 is 10.1 Å². The molecule has 102 valence electrons. The van der Waals surface area contributed by atoms with Gasteiger partial charge in [0.2, 0.25) is 0 Å². The lowest BCUT2D eigenvalue weighted by atomic mass is 10.2. The quantitative estimate of drug-likeness (QED) is 0.884. The molecule has 0 amide bonds. The molecule has 0 bridgehead atoms. The van der Waals surface area contributed by atoms with Crippen LogP contribution in [0.15, 0.2) is 30.9 Å². The summed E-state index contributed by atoms with van der Waals surface area (Å²) in [6, 6.07) is 5.80. The van der Waals surface area contributed by atoms with Gasteiger partial charge in [-0.3, -0.25) is 0 Å². The normalized spacial score (nSPS) is 12.4. The van der Waals surface area contributed by atoms with E-state index in [2.05, 4.69) is 22.3 Å². The highest BCUT2D eigenvalue weighted by molar-refractivity contribution is 6.31. The van der Waals surface area contributed by atoms with Gasteiger partial charge in [0.1, 0.15) is 12.7 Å². The van der Waals surface area contributed by atoms with E-state index >= 15 is 0 Å². The highest BCUT2D eigenvalue weighted by Gasteiger charge is 2.09. The number of hydrogen-bond acceptors (Lipinski definition) is 4. The summed E-state index contributed by atoms with van der Waals surface area (Å²) in [7, 11) is 0. The molecule has 1 aromatic carbocycles. The van der Waals surface area contributed by atoms with Crippen LogP contribution in [0.3, 0.4) is 0 Å². The number of nitrogens with zero attached hydrogens (tertiary/aromatic N) is 3. The number of hydrogen-bond donors (Lipinski definition) is 1. The average molecular weight is 281 g/mol. The molecule has 0 aliphatic heterocycles. The van der Waals surface area contributed by atoms with Crippen molar-refractivity contribution < 1.29 is 4.74 Å². The van der Waals surface area contributed by atoms with E-state index in [4.69, 9.17) is 16.3 Å². The predicted molar refractivity (Wildman–Crippen MR) is 75.9 cm³/mol. The van der Waals surface area contributed by atoms with Crippen LogP contribution in [-0.4, -0.2) is 34.0 Å². The van der Waals surface area contributed by atoms with Crippen LogP contribution in [0.5, 0.6) is 0 Å². The van der Waals surface area contributed by atoms with Crippen molar-refractivity contribution in [3.8, 4) is 5.69 Å². The standard InChI is InChI=1S/C13H17ClN4O/c1-3-19-7-10(2)17-12-6-11(14)4-5-13(12)18-9-15-8-16-18/h4-6,8-10,17H,3,7H2,1-2H3. The van der Waals surface area contributed by atoms with E-state index in [1.54, 1.807) is 11.0 Å². The Balaban J connectivity index is 2.20. The zero-order chi connectivity index (χ0) is 13.7. The molecule has 0 radical (unpaired) electrons. The van der Waals surface area contributed by atoms with Crippen LogP contribution in [0.25, 0.3) is 5.69 Å². The minimum absolute atomic E-state index is 0.181. The molecular weight excluding hydrogens is 264 g/mol. The first-order valence-corrected chi connectivity index (χ1v) is 6.57. The Morgan fingerprint density at radius 3 is 3.00 bits per heavy atom. The van der Waals surface area contributed by atoms with Crippen LogP contribution in [-0.2, 0) is 4.74 Å². The summed E-state index contributed by atoms with van der Waals surface area (Å²) in [6.45, 7) is 5.38. The van der Waals surface area contributed by atoms with E-state index in [0.717, 1.165) is 11.4 Å². The van der Waals surface area contributed by atoms with Gasteiger partial charge in [-0.15, -0.1) is 0 Å². The van der Waals surface area contributed by atoms with Gasteiger partial charge in [0.15, 0.2) is 0 Å². The number of nitrogens with one attached hydrogen (secondary N) is 1. The molecule has 1 unspecified atom stereocenters. The molecule has 1 aromatic heterocycles. The van der Waals surface area contributed by atoms with Crippen LogP contribution in [0, 0.1) is 0 Å². The summed E-state index contributed by atoms with van der Waals surface area (Å²) in [5.74, 6) is 0. The van der Waals surface area contributed by atoms with Gasteiger partial charge in [-0.2, -0.15) is 5.10 Å². The third-order valence-corrected chi connectivity index (χ3v) is 2.83. The van der Waals surface area contributed by atoms with Crippen LogP contribution >= 0.6 is 11.6 Å². The number of halogens is 1. The molecule has 19 heavy (non-hydrogen) atoms. The van der Waals surface area contributed by atoms with E-state index in [1.165, 1.54) is 6.33 Å².